The van der Waals surface area contributed by atoms with Crippen molar-refractivity contribution in [2.75, 3.05) is 39.5 Å². The lowest BCUT2D eigenvalue weighted by atomic mass is 9.81. The van der Waals surface area contributed by atoms with Gasteiger partial charge in [-0.05, 0) is 34.6 Å². The largest absolute Gasteiger partial charge is 0.487 e. The van der Waals surface area contributed by atoms with Crippen LogP contribution in [0.4, 0.5) is 4.79 Å². The van der Waals surface area contributed by atoms with Crippen molar-refractivity contribution in [3.63, 3.8) is 0 Å². The molecule has 0 saturated carbocycles. The Balaban J connectivity index is 2.92. The highest BCUT2D eigenvalue weighted by atomic mass is 16.6. The molecule has 1 aliphatic heterocycles. The minimum Gasteiger partial charge on any atom is -0.487 e. The molecular formula is C18H29NO7. The molecule has 0 N–H and O–H groups in total. The van der Waals surface area contributed by atoms with Gasteiger partial charge in [-0.3, -0.25) is 9.69 Å². The number of hydrogen-bond donors (Lipinski definition) is 0. The maximum absolute atomic E-state index is 12.5. The molecule has 8 nitrogen and oxygen atoms in total. The van der Waals surface area contributed by atoms with Crippen LogP contribution in [0.25, 0.3) is 0 Å². The van der Waals surface area contributed by atoms with E-state index in [0.717, 1.165) is 0 Å². The van der Waals surface area contributed by atoms with Crippen LogP contribution in [0.5, 0.6) is 0 Å². The zero-order chi connectivity index (χ0) is 19.8. The number of carbonyl (C=O) groups is 2. The fourth-order valence-corrected chi connectivity index (χ4v) is 2.55. The molecule has 1 aliphatic rings. The summed E-state index contributed by atoms with van der Waals surface area (Å²) < 4.78 is 20.9. The first-order valence-corrected chi connectivity index (χ1v) is 8.73. The number of ether oxygens (including phenoxy) is 4. The molecule has 8 heteroatoms. The van der Waals surface area contributed by atoms with E-state index in [1.54, 1.807) is 40.6 Å². The lowest BCUT2D eigenvalue weighted by Crippen LogP contribution is -2.54. The van der Waals surface area contributed by atoms with Crippen molar-refractivity contribution in [3.8, 4) is 0 Å². The predicted octanol–water partition coefficient (Wildman–Crippen LogP) is 1.95. The van der Waals surface area contributed by atoms with Gasteiger partial charge in [-0.15, -0.1) is 0 Å². The van der Waals surface area contributed by atoms with Gasteiger partial charge in [0.25, 0.3) is 0 Å². The Morgan fingerprint density at radius 3 is 2.19 bits per heavy atom. The second-order valence-electron chi connectivity index (χ2n) is 7.27. The third-order valence-corrected chi connectivity index (χ3v) is 3.59. The Bertz CT molecular complexity index is 542. The third kappa shape index (κ3) is 7.06. The molecule has 0 aromatic heterocycles. The first-order valence-electron chi connectivity index (χ1n) is 8.73. The van der Waals surface area contributed by atoms with Crippen LogP contribution in [0.15, 0.2) is 5.76 Å². The molecule has 0 aromatic carbocycles. The molecule has 0 spiro atoms. The zero-order valence-corrected chi connectivity index (χ0v) is 16.3. The monoisotopic (exact) mass is 371 g/mol. The molecule has 148 valence electrons. The van der Waals surface area contributed by atoms with Gasteiger partial charge in [0.2, 0.25) is 0 Å². The molecule has 0 radical (unpaired) electrons. The van der Waals surface area contributed by atoms with Gasteiger partial charge < -0.3 is 18.9 Å². The summed E-state index contributed by atoms with van der Waals surface area (Å²) in [4.78, 5) is 36.8. The van der Waals surface area contributed by atoms with E-state index in [0.29, 0.717) is 19.8 Å². The van der Waals surface area contributed by atoms with Crippen LogP contribution in [0.2, 0.25) is 0 Å². The summed E-state index contributed by atoms with van der Waals surface area (Å²) in [6, 6.07) is 0. The van der Waals surface area contributed by atoms with E-state index < -0.39 is 23.1 Å². The molecule has 0 aromatic rings. The molecule has 1 saturated heterocycles. The van der Waals surface area contributed by atoms with Crippen molar-refractivity contribution in [2.45, 2.75) is 46.6 Å². The molecular weight excluding hydrogens is 342 g/mol. The minimum atomic E-state index is -0.702. The first kappa shape index (κ1) is 22.0. The number of nitrogens with zero attached hydrogens (tertiary/aromatic N) is 1. The van der Waals surface area contributed by atoms with Crippen molar-refractivity contribution in [3.05, 3.63) is 5.76 Å². The summed E-state index contributed by atoms with van der Waals surface area (Å²) in [5, 5.41) is 0. The van der Waals surface area contributed by atoms with Crippen LogP contribution in [0.1, 0.15) is 41.0 Å². The Morgan fingerprint density at radius 2 is 1.77 bits per heavy atom. The SMILES string of the molecule is CCOC(=O)CN(CC1(CC(=C=O)OCC)COC1)C(=O)OC(C)(C)C. The lowest BCUT2D eigenvalue weighted by molar-refractivity contribution is -0.149. The molecule has 1 fully saturated rings. The van der Waals surface area contributed by atoms with Gasteiger partial charge in [0.05, 0.1) is 26.4 Å². The van der Waals surface area contributed by atoms with Crippen LogP contribution in [-0.2, 0) is 28.5 Å². The lowest BCUT2D eigenvalue weighted by Gasteiger charge is -2.44. The van der Waals surface area contributed by atoms with Gasteiger partial charge in [-0.1, -0.05) is 0 Å². The van der Waals surface area contributed by atoms with E-state index in [2.05, 4.69) is 0 Å². The van der Waals surface area contributed by atoms with E-state index >= 15 is 0 Å². The van der Waals surface area contributed by atoms with Gasteiger partial charge in [0.15, 0.2) is 11.7 Å². The molecule has 26 heavy (non-hydrogen) atoms. The van der Waals surface area contributed by atoms with Crippen LogP contribution in [-0.4, -0.2) is 68.0 Å². The van der Waals surface area contributed by atoms with Crippen LogP contribution in [0.3, 0.4) is 0 Å². The molecule has 1 amide bonds. The Morgan fingerprint density at radius 1 is 1.15 bits per heavy atom. The topological polar surface area (TPSA) is 91.4 Å². The van der Waals surface area contributed by atoms with Gasteiger partial charge in [0.1, 0.15) is 12.1 Å². The summed E-state index contributed by atoms with van der Waals surface area (Å²) >= 11 is 0. The second kappa shape index (κ2) is 9.59. The number of allylic oxidation sites excluding steroid dienone is 1. The second-order valence-corrected chi connectivity index (χ2v) is 7.27. The van der Waals surface area contributed by atoms with Gasteiger partial charge in [0, 0.05) is 18.4 Å². The van der Waals surface area contributed by atoms with Gasteiger partial charge in [-0.25, -0.2) is 9.59 Å². The van der Waals surface area contributed by atoms with Crippen molar-refractivity contribution >= 4 is 18.0 Å². The van der Waals surface area contributed by atoms with Crippen molar-refractivity contribution < 1.29 is 33.3 Å². The average Bonchev–Trinajstić information content (AvgIpc) is 2.49. The summed E-state index contributed by atoms with van der Waals surface area (Å²) in [5.41, 5.74) is -1.22. The number of rotatable bonds is 9. The summed E-state index contributed by atoms with van der Waals surface area (Å²) in [6.45, 7) is 9.90. The highest BCUT2D eigenvalue weighted by molar-refractivity contribution is 5.78. The number of carbonyl (C=O) groups excluding carboxylic acids is 3. The van der Waals surface area contributed by atoms with Gasteiger partial charge in [-0.2, -0.15) is 0 Å². The molecule has 0 atom stereocenters. The number of hydrogen-bond acceptors (Lipinski definition) is 7. The highest BCUT2D eigenvalue weighted by Gasteiger charge is 2.43. The predicted molar refractivity (Wildman–Crippen MR) is 93.1 cm³/mol. The molecule has 1 heterocycles. The fourth-order valence-electron chi connectivity index (χ4n) is 2.55. The maximum Gasteiger partial charge on any atom is 0.410 e. The highest BCUT2D eigenvalue weighted by Crippen LogP contribution is 2.35. The van der Waals surface area contributed by atoms with E-state index in [1.807, 2.05) is 0 Å². The van der Waals surface area contributed by atoms with Crippen LogP contribution < -0.4 is 0 Å². The average molecular weight is 371 g/mol. The third-order valence-electron chi connectivity index (χ3n) is 3.59. The van der Waals surface area contributed by atoms with Crippen molar-refractivity contribution in [2.24, 2.45) is 5.41 Å². The van der Waals surface area contributed by atoms with Crippen LogP contribution in [0, 0.1) is 5.41 Å². The van der Waals surface area contributed by atoms with E-state index in [4.69, 9.17) is 18.9 Å². The summed E-state index contributed by atoms with van der Waals surface area (Å²) in [7, 11) is 0. The maximum atomic E-state index is 12.5. The Labute approximate surface area is 154 Å². The molecule has 1 rings (SSSR count). The van der Waals surface area contributed by atoms with Gasteiger partial charge >= 0.3 is 12.1 Å². The summed E-state index contributed by atoms with van der Waals surface area (Å²) in [6.07, 6.45) is -0.350. The van der Waals surface area contributed by atoms with E-state index in [9.17, 15) is 14.4 Å². The number of amides is 1. The molecule has 0 unspecified atom stereocenters. The Hall–Kier alpha value is -2.05. The summed E-state index contributed by atoms with van der Waals surface area (Å²) in [5.74, 6) is 1.44. The smallest absolute Gasteiger partial charge is 0.410 e. The molecule has 0 bridgehead atoms. The van der Waals surface area contributed by atoms with Crippen molar-refractivity contribution in [1.29, 1.82) is 0 Å². The quantitative estimate of drug-likeness (QED) is 0.347. The number of esters is 1. The minimum absolute atomic E-state index is 0.177. The fraction of sp³-hybridized carbons (Fsp3) is 0.778. The van der Waals surface area contributed by atoms with Crippen LogP contribution >= 0.6 is 0 Å². The standard InChI is InChI=1S/C18H29NO7/c1-6-24-14(10-20)8-18(12-23-13-18)11-19(9-15(21)25-7-2)16(22)26-17(3,4)5/h6-9,11-13H2,1-5H3. The van der Waals surface area contributed by atoms with E-state index in [1.165, 1.54) is 4.90 Å². The molecule has 0 aliphatic carbocycles. The first-order chi connectivity index (χ1) is 12.1. The van der Waals surface area contributed by atoms with Crippen molar-refractivity contribution in [1.82, 2.24) is 4.90 Å². The van der Waals surface area contributed by atoms with E-state index in [-0.39, 0.29) is 31.9 Å². The zero-order valence-electron chi connectivity index (χ0n) is 16.3. The Kier molecular flexibility index (Phi) is 8.11. The normalized spacial score (nSPS) is 15.3.